The van der Waals surface area contributed by atoms with Crippen LogP contribution in [0.5, 0.6) is 0 Å². The second-order valence-electron chi connectivity index (χ2n) is 3.60. The Morgan fingerprint density at radius 3 is 3.00 bits per heavy atom. The summed E-state index contributed by atoms with van der Waals surface area (Å²) in [6, 6.07) is 7.82. The Morgan fingerprint density at radius 2 is 2.19 bits per heavy atom. The highest BCUT2D eigenvalue weighted by Crippen LogP contribution is 2.14. The van der Waals surface area contributed by atoms with Crippen LogP contribution in [0.15, 0.2) is 51.8 Å². The Hall–Kier alpha value is -1.55. The number of hydrogen-bond donors (Lipinski definition) is 0. The average Bonchev–Trinajstić information content (AvgIpc) is 2.86. The summed E-state index contributed by atoms with van der Waals surface area (Å²) in [5, 5.41) is 0. The summed E-state index contributed by atoms with van der Waals surface area (Å²) < 4.78 is 8.34. The second kappa shape index (κ2) is 3.79. The predicted molar refractivity (Wildman–Crippen MR) is 64.4 cm³/mol. The zero-order valence-electron chi connectivity index (χ0n) is 8.43. The fraction of sp³-hybridized carbons (Fsp3) is 0.0833. The van der Waals surface area contributed by atoms with Gasteiger partial charge in [0.2, 0.25) is 0 Å². The van der Waals surface area contributed by atoms with Crippen molar-refractivity contribution in [2.24, 2.45) is 0 Å². The number of rotatable bonds is 2. The molecule has 0 fully saturated rings. The molecule has 0 saturated heterocycles. The Balaban J connectivity index is 1.99. The maximum atomic E-state index is 5.30. The molecule has 0 atom stereocenters. The first-order valence-corrected chi connectivity index (χ1v) is 5.76. The molecular weight excluding hydrogens is 268 g/mol. The summed E-state index contributed by atoms with van der Waals surface area (Å²) >= 11 is 3.44. The van der Waals surface area contributed by atoms with E-state index in [1.165, 1.54) is 0 Å². The van der Waals surface area contributed by atoms with E-state index in [1.54, 1.807) is 6.26 Å². The van der Waals surface area contributed by atoms with Gasteiger partial charge < -0.3 is 8.82 Å². The molecule has 16 heavy (non-hydrogen) atoms. The van der Waals surface area contributed by atoms with Crippen LogP contribution in [-0.4, -0.2) is 9.38 Å². The van der Waals surface area contributed by atoms with Crippen LogP contribution in [-0.2, 0) is 6.42 Å². The number of pyridine rings is 1. The van der Waals surface area contributed by atoms with Crippen LogP contribution in [0.1, 0.15) is 11.5 Å². The van der Waals surface area contributed by atoms with E-state index >= 15 is 0 Å². The standard InChI is InChI=1S/C12H9BrN2O/c13-9-3-4-12-14-10(8-15(12)7-9)6-11-2-1-5-16-11/h1-5,7-8H,6H2. The van der Waals surface area contributed by atoms with Gasteiger partial charge in [0.15, 0.2) is 0 Å². The molecule has 0 N–H and O–H groups in total. The van der Waals surface area contributed by atoms with Crippen molar-refractivity contribution in [3.63, 3.8) is 0 Å². The fourth-order valence-electron chi connectivity index (χ4n) is 1.69. The zero-order valence-corrected chi connectivity index (χ0v) is 10.0. The van der Waals surface area contributed by atoms with Crippen LogP contribution < -0.4 is 0 Å². The molecule has 0 aromatic carbocycles. The average molecular weight is 277 g/mol. The highest BCUT2D eigenvalue weighted by atomic mass is 79.9. The molecule has 4 heteroatoms. The maximum absolute atomic E-state index is 5.30. The van der Waals surface area contributed by atoms with Crippen molar-refractivity contribution in [3.05, 3.63) is 58.8 Å². The van der Waals surface area contributed by atoms with Gasteiger partial charge in [-0.15, -0.1) is 0 Å². The molecule has 0 bridgehead atoms. The Bertz CT molecular complexity index is 613. The molecule has 0 spiro atoms. The summed E-state index contributed by atoms with van der Waals surface area (Å²) in [5.41, 5.74) is 1.96. The van der Waals surface area contributed by atoms with Gasteiger partial charge in [-0.2, -0.15) is 0 Å². The molecule has 3 rings (SSSR count). The van der Waals surface area contributed by atoms with Crippen molar-refractivity contribution in [1.29, 1.82) is 0 Å². The number of nitrogens with zero attached hydrogens (tertiary/aromatic N) is 2. The smallest absolute Gasteiger partial charge is 0.137 e. The molecule has 0 unspecified atom stereocenters. The fourth-order valence-corrected chi connectivity index (χ4v) is 2.05. The van der Waals surface area contributed by atoms with Crippen molar-refractivity contribution >= 4 is 21.6 Å². The molecule has 0 aliphatic rings. The Labute approximate surface area is 101 Å². The minimum Gasteiger partial charge on any atom is -0.469 e. The van der Waals surface area contributed by atoms with E-state index in [0.717, 1.165) is 28.0 Å². The van der Waals surface area contributed by atoms with Crippen molar-refractivity contribution < 1.29 is 4.42 Å². The molecule has 3 aromatic rings. The van der Waals surface area contributed by atoms with E-state index in [4.69, 9.17) is 4.42 Å². The Kier molecular flexibility index (Phi) is 2.29. The topological polar surface area (TPSA) is 30.4 Å². The van der Waals surface area contributed by atoms with Crippen molar-refractivity contribution in [1.82, 2.24) is 9.38 Å². The second-order valence-corrected chi connectivity index (χ2v) is 4.52. The van der Waals surface area contributed by atoms with Gasteiger partial charge in [-0.1, -0.05) is 0 Å². The third-order valence-corrected chi connectivity index (χ3v) is 2.87. The van der Waals surface area contributed by atoms with Crippen molar-refractivity contribution in [2.75, 3.05) is 0 Å². The SMILES string of the molecule is Brc1ccc2nc(Cc3ccco3)cn2c1. The van der Waals surface area contributed by atoms with Crippen molar-refractivity contribution in [3.8, 4) is 0 Å². The normalized spacial score (nSPS) is 11.1. The third kappa shape index (κ3) is 1.76. The van der Waals surface area contributed by atoms with Crippen LogP contribution in [0.25, 0.3) is 5.65 Å². The molecule has 0 aliphatic heterocycles. The minimum absolute atomic E-state index is 0.728. The number of halogens is 1. The molecule has 3 heterocycles. The van der Waals surface area contributed by atoms with Gasteiger partial charge in [-0.25, -0.2) is 4.98 Å². The number of furan rings is 1. The highest BCUT2D eigenvalue weighted by Gasteiger charge is 2.04. The van der Waals surface area contributed by atoms with Gasteiger partial charge in [0.05, 0.1) is 12.0 Å². The first-order valence-electron chi connectivity index (χ1n) is 4.97. The molecule has 0 aliphatic carbocycles. The van der Waals surface area contributed by atoms with Crippen LogP contribution in [0.2, 0.25) is 0 Å². The first kappa shape index (κ1) is 9.66. The minimum atomic E-state index is 0.728. The number of hydrogen-bond acceptors (Lipinski definition) is 2. The number of imidazole rings is 1. The lowest BCUT2D eigenvalue weighted by molar-refractivity contribution is 0.519. The molecular formula is C12H9BrN2O. The van der Waals surface area contributed by atoms with Crippen LogP contribution in [0.4, 0.5) is 0 Å². The van der Waals surface area contributed by atoms with Gasteiger partial charge in [0.25, 0.3) is 0 Å². The van der Waals surface area contributed by atoms with E-state index < -0.39 is 0 Å². The largest absolute Gasteiger partial charge is 0.469 e. The lowest BCUT2D eigenvalue weighted by Crippen LogP contribution is -1.84. The van der Waals surface area contributed by atoms with E-state index in [0.29, 0.717) is 0 Å². The lowest BCUT2D eigenvalue weighted by atomic mass is 10.3. The van der Waals surface area contributed by atoms with Crippen LogP contribution in [0.3, 0.4) is 0 Å². The van der Waals surface area contributed by atoms with Gasteiger partial charge in [0.1, 0.15) is 11.4 Å². The van der Waals surface area contributed by atoms with E-state index in [1.807, 2.05) is 41.1 Å². The van der Waals surface area contributed by atoms with Crippen LogP contribution in [0, 0.1) is 0 Å². The zero-order chi connectivity index (χ0) is 11.0. The monoisotopic (exact) mass is 276 g/mol. The third-order valence-electron chi connectivity index (χ3n) is 2.40. The van der Waals surface area contributed by atoms with E-state index in [9.17, 15) is 0 Å². The van der Waals surface area contributed by atoms with E-state index in [2.05, 4.69) is 20.9 Å². The predicted octanol–water partition coefficient (Wildman–Crippen LogP) is 3.28. The van der Waals surface area contributed by atoms with Gasteiger partial charge in [0, 0.05) is 23.3 Å². The molecule has 3 aromatic heterocycles. The molecule has 0 amide bonds. The van der Waals surface area contributed by atoms with Gasteiger partial charge in [-0.3, -0.25) is 0 Å². The summed E-state index contributed by atoms with van der Waals surface area (Å²) in [5.74, 6) is 0.933. The maximum Gasteiger partial charge on any atom is 0.137 e. The highest BCUT2D eigenvalue weighted by molar-refractivity contribution is 9.10. The molecule has 0 saturated carbocycles. The first-order chi connectivity index (χ1) is 7.81. The lowest BCUT2D eigenvalue weighted by Gasteiger charge is -1.91. The van der Waals surface area contributed by atoms with Crippen LogP contribution >= 0.6 is 15.9 Å². The number of aromatic nitrogens is 2. The summed E-state index contributed by atoms with van der Waals surface area (Å²) in [6.45, 7) is 0. The molecule has 80 valence electrons. The summed E-state index contributed by atoms with van der Waals surface area (Å²) in [4.78, 5) is 4.51. The molecule has 0 radical (unpaired) electrons. The van der Waals surface area contributed by atoms with Gasteiger partial charge in [-0.05, 0) is 40.2 Å². The molecule has 3 nitrogen and oxygen atoms in total. The number of fused-ring (bicyclic) bond motifs is 1. The summed E-state index contributed by atoms with van der Waals surface area (Å²) in [6.07, 6.45) is 6.42. The van der Waals surface area contributed by atoms with Crippen molar-refractivity contribution in [2.45, 2.75) is 6.42 Å². The van der Waals surface area contributed by atoms with E-state index in [-0.39, 0.29) is 0 Å². The quantitative estimate of drug-likeness (QED) is 0.719. The van der Waals surface area contributed by atoms with Gasteiger partial charge >= 0.3 is 0 Å². The Morgan fingerprint density at radius 1 is 1.25 bits per heavy atom. The summed E-state index contributed by atoms with van der Waals surface area (Å²) in [7, 11) is 0.